The number of aromatic nitrogens is 3. The zero-order chi connectivity index (χ0) is 27.1. The number of thiophene rings is 1. The lowest BCUT2D eigenvalue weighted by molar-refractivity contribution is -0.113. The summed E-state index contributed by atoms with van der Waals surface area (Å²) in [5, 5.41) is 14.3. The smallest absolute Gasteiger partial charge is 0.341 e. The van der Waals surface area contributed by atoms with Gasteiger partial charge in [-0.3, -0.25) is 9.36 Å². The molecule has 1 amide bonds. The molecule has 0 aliphatic heterocycles. The molecule has 4 aromatic rings. The average molecular weight is 549 g/mol. The zero-order valence-corrected chi connectivity index (χ0v) is 23.0. The molecule has 2 aromatic heterocycles. The number of hydrogen-bond acceptors (Lipinski definition) is 8. The molecule has 0 saturated heterocycles. The van der Waals surface area contributed by atoms with Crippen LogP contribution in [0.4, 0.5) is 5.00 Å². The lowest BCUT2D eigenvalue weighted by Crippen LogP contribution is -2.17. The second-order valence-corrected chi connectivity index (χ2v) is 10.2. The van der Waals surface area contributed by atoms with E-state index in [-0.39, 0.29) is 17.8 Å². The van der Waals surface area contributed by atoms with Crippen molar-refractivity contribution in [2.45, 2.75) is 31.7 Å². The number of methoxy groups -OCH3 is 1. The van der Waals surface area contributed by atoms with Crippen LogP contribution in [0.5, 0.6) is 5.75 Å². The molecule has 38 heavy (non-hydrogen) atoms. The van der Waals surface area contributed by atoms with Crippen LogP contribution in [0.2, 0.25) is 0 Å². The van der Waals surface area contributed by atoms with E-state index in [0.29, 0.717) is 33.7 Å². The maximum atomic E-state index is 12.9. The fraction of sp³-hybridized carbons (Fsp3) is 0.214. The van der Waals surface area contributed by atoms with Crippen LogP contribution in [0.3, 0.4) is 0 Å². The number of nitrogens with zero attached hydrogens (tertiary/aromatic N) is 3. The first kappa shape index (κ1) is 27.2. The van der Waals surface area contributed by atoms with Crippen LogP contribution in [-0.4, -0.2) is 39.5 Å². The van der Waals surface area contributed by atoms with Crippen molar-refractivity contribution >= 4 is 40.0 Å². The highest BCUT2D eigenvalue weighted by Crippen LogP contribution is 2.36. The van der Waals surface area contributed by atoms with Crippen LogP contribution in [-0.2, 0) is 16.1 Å². The van der Waals surface area contributed by atoms with Crippen molar-refractivity contribution < 1.29 is 19.1 Å². The van der Waals surface area contributed by atoms with Crippen molar-refractivity contribution in [1.82, 2.24) is 14.8 Å². The summed E-state index contributed by atoms with van der Waals surface area (Å²) in [5.74, 6) is 0.660. The van der Waals surface area contributed by atoms with E-state index < -0.39 is 5.97 Å². The molecule has 0 aliphatic carbocycles. The molecule has 196 valence electrons. The van der Waals surface area contributed by atoms with Gasteiger partial charge >= 0.3 is 5.97 Å². The Morgan fingerprint density at radius 2 is 1.97 bits per heavy atom. The Kier molecular flexibility index (Phi) is 8.98. The van der Waals surface area contributed by atoms with Gasteiger partial charge in [0, 0.05) is 17.5 Å². The first-order valence-electron chi connectivity index (χ1n) is 11.9. The van der Waals surface area contributed by atoms with Gasteiger partial charge in [0.05, 0.1) is 12.9 Å². The lowest BCUT2D eigenvalue weighted by atomic mass is 10.0. The first-order valence-corrected chi connectivity index (χ1v) is 13.7. The van der Waals surface area contributed by atoms with E-state index in [1.54, 1.807) is 6.08 Å². The molecular formula is C28H28N4O4S2. The van der Waals surface area contributed by atoms with Crippen molar-refractivity contribution in [1.29, 1.82) is 0 Å². The third-order valence-corrected chi connectivity index (χ3v) is 7.44. The summed E-state index contributed by atoms with van der Waals surface area (Å²) in [6.45, 7) is 8.21. The number of allylic oxidation sites excluding steroid dienone is 1. The zero-order valence-electron chi connectivity index (χ0n) is 21.3. The van der Waals surface area contributed by atoms with Crippen LogP contribution < -0.4 is 10.1 Å². The maximum Gasteiger partial charge on any atom is 0.341 e. The second kappa shape index (κ2) is 12.6. The van der Waals surface area contributed by atoms with Gasteiger partial charge in [0.25, 0.3) is 0 Å². The number of carbonyl (C=O) groups is 2. The van der Waals surface area contributed by atoms with Crippen molar-refractivity contribution in [3.63, 3.8) is 0 Å². The van der Waals surface area contributed by atoms with Crippen LogP contribution in [0.15, 0.2) is 77.8 Å². The Balaban J connectivity index is 1.47. The molecule has 0 bridgehead atoms. The van der Waals surface area contributed by atoms with Crippen LogP contribution in [0.25, 0.3) is 11.1 Å². The molecule has 2 heterocycles. The molecule has 0 radical (unpaired) electrons. The van der Waals surface area contributed by atoms with Gasteiger partial charge in [-0.25, -0.2) is 4.79 Å². The normalized spacial score (nSPS) is 11.6. The summed E-state index contributed by atoms with van der Waals surface area (Å²) in [7, 11) is 1.32. The van der Waals surface area contributed by atoms with E-state index in [1.165, 1.54) is 30.2 Å². The number of amides is 1. The number of nitrogens with one attached hydrogen (secondary N) is 1. The molecular weight excluding hydrogens is 520 g/mol. The van der Waals surface area contributed by atoms with Gasteiger partial charge in [0.1, 0.15) is 16.3 Å². The fourth-order valence-electron chi connectivity index (χ4n) is 3.83. The van der Waals surface area contributed by atoms with E-state index in [4.69, 9.17) is 9.47 Å². The number of rotatable bonds is 11. The predicted octanol–water partition coefficient (Wildman–Crippen LogP) is 6.16. The van der Waals surface area contributed by atoms with E-state index in [1.807, 2.05) is 78.4 Å². The standard InChI is InChI=1S/C28H28N4O4S2/c1-5-14-32-25(19(3)36-21-13-9-10-18(2)15-21)30-31-28(32)38-17-23(33)29-26-24(27(34)35-4)22(16-37-26)20-11-7-6-8-12-20/h5-13,15-16,19H,1,14,17H2,2-4H3,(H,29,33). The fourth-order valence-corrected chi connectivity index (χ4v) is 5.56. The number of ether oxygens (including phenoxy) is 2. The molecule has 0 spiro atoms. The van der Waals surface area contributed by atoms with Gasteiger partial charge in [0.2, 0.25) is 5.91 Å². The number of aryl methyl sites for hydroxylation is 1. The number of anilines is 1. The highest BCUT2D eigenvalue weighted by Gasteiger charge is 2.23. The van der Waals surface area contributed by atoms with Crippen molar-refractivity contribution in [2.75, 3.05) is 18.2 Å². The average Bonchev–Trinajstić information content (AvgIpc) is 3.52. The number of carbonyl (C=O) groups excluding carboxylic acids is 2. The Labute approximate surface area is 229 Å². The summed E-state index contributed by atoms with van der Waals surface area (Å²) in [6.07, 6.45) is 1.38. The Bertz CT molecular complexity index is 1430. The number of thioether (sulfide) groups is 1. The van der Waals surface area contributed by atoms with Crippen molar-refractivity contribution in [3.8, 4) is 16.9 Å². The summed E-state index contributed by atoms with van der Waals surface area (Å²) in [4.78, 5) is 25.5. The van der Waals surface area contributed by atoms with Crippen molar-refractivity contribution in [2.24, 2.45) is 0 Å². The maximum absolute atomic E-state index is 12.9. The van der Waals surface area contributed by atoms with Crippen LogP contribution in [0.1, 0.15) is 34.8 Å². The van der Waals surface area contributed by atoms with Gasteiger partial charge in [-0.1, -0.05) is 60.3 Å². The molecule has 4 rings (SSSR count). The Morgan fingerprint density at radius 3 is 2.68 bits per heavy atom. The summed E-state index contributed by atoms with van der Waals surface area (Å²) >= 11 is 2.53. The minimum atomic E-state index is -0.508. The van der Waals surface area contributed by atoms with Gasteiger partial charge in [0.15, 0.2) is 17.1 Å². The SMILES string of the molecule is C=CCn1c(SCC(=O)Nc2scc(-c3ccccc3)c2C(=O)OC)nnc1C(C)Oc1cccc(C)c1. The van der Waals surface area contributed by atoms with Gasteiger partial charge in [-0.15, -0.1) is 28.1 Å². The largest absolute Gasteiger partial charge is 0.483 e. The van der Waals surface area contributed by atoms with Crippen LogP contribution in [0, 0.1) is 6.92 Å². The summed E-state index contributed by atoms with van der Waals surface area (Å²) in [6, 6.07) is 17.3. The second-order valence-electron chi connectivity index (χ2n) is 8.36. The van der Waals surface area contributed by atoms with Crippen molar-refractivity contribution in [3.05, 3.63) is 89.6 Å². The van der Waals surface area contributed by atoms with Gasteiger partial charge < -0.3 is 14.8 Å². The molecule has 1 N–H and O–H groups in total. The summed E-state index contributed by atoms with van der Waals surface area (Å²) in [5.41, 5.74) is 3.01. The third-order valence-electron chi connectivity index (χ3n) is 5.57. The molecule has 1 unspecified atom stereocenters. The molecule has 8 nitrogen and oxygen atoms in total. The highest BCUT2D eigenvalue weighted by atomic mass is 32.2. The molecule has 0 aliphatic rings. The Hall–Kier alpha value is -3.89. The topological polar surface area (TPSA) is 95.3 Å². The molecule has 1 atom stereocenters. The van der Waals surface area contributed by atoms with Gasteiger partial charge in [-0.2, -0.15) is 0 Å². The molecule has 2 aromatic carbocycles. The monoisotopic (exact) mass is 548 g/mol. The predicted molar refractivity (Wildman–Crippen MR) is 151 cm³/mol. The minimum Gasteiger partial charge on any atom is -0.483 e. The minimum absolute atomic E-state index is 0.0710. The quantitative estimate of drug-likeness (QED) is 0.136. The van der Waals surface area contributed by atoms with Gasteiger partial charge in [-0.05, 0) is 37.1 Å². The number of benzene rings is 2. The van der Waals surface area contributed by atoms with E-state index in [9.17, 15) is 9.59 Å². The third kappa shape index (κ3) is 6.32. The first-order chi connectivity index (χ1) is 18.4. The van der Waals surface area contributed by atoms with Crippen LogP contribution >= 0.6 is 23.1 Å². The number of hydrogen-bond donors (Lipinski definition) is 1. The Morgan fingerprint density at radius 1 is 1.18 bits per heavy atom. The highest BCUT2D eigenvalue weighted by molar-refractivity contribution is 7.99. The van der Waals surface area contributed by atoms with E-state index >= 15 is 0 Å². The lowest BCUT2D eigenvalue weighted by Gasteiger charge is -2.16. The molecule has 0 saturated carbocycles. The molecule has 0 fully saturated rings. The molecule has 10 heteroatoms. The van der Waals surface area contributed by atoms with E-state index in [2.05, 4.69) is 22.1 Å². The number of esters is 1. The van der Waals surface area contributed by atoms with E-state index in [0.717, 1.165) is 16.9 Å². The summed E-state index contributed by atoms with van der Waals surface area (Å²) < 4.78 is 13.0.